The van der Waals surface area contributed by atoms with Crippen LogP contribution in [-0.4, -0.2) is 35.8 Å². The molecule has 0 aliphatic rings. The first-order valence-corrected chi connectivity index (χ1v) is 3.73. The van der Waals surface area contributed by atoms with E-state index >= 15 is 0 Å². The van der Waals surface area contributed by atoms with Crippen LogP contribution in [0.3, 0.4) is 0 Å². The van der Waals surface area contributed by atoms with E-state index in [1.165, 1.54) is 6.08 Å². The lowest BCUT2D eigenvalue weighted by molar-refractivity contribution is -0.141. The van der Waals surface area contributed by atoms with Crippen LogP contribution in [-0.2, 0) is 4.79 Å². The van der Waals surface area contributed by atoms with Crippen molar-refractivity contribution in [2.45, 2.75) is 5.54 Å². The van der Waals surface area contributed by atoms with Crippen molar-refractivity contribution in [2.24, 2.45) is 22.2 Å². The van der Waals surface area contributed by atoms with Crippen LogP contribution < -0.4 is 17.2 Å². The van der Waals surface area contributed by atoms with Gasteiger partial charge in [-0.2, -0.15) is 0 Å². The second-order valence-electron chi connectivity index (χ2n) is 2.65. The first kappa shape index (κ1) is 16.1. The van der Waals surface area contributed by atoms with Gasteiger partial charge in [0.25, 0.3) is 0 Å². The third-order valence-corrected chi connectivity index (χ3v) is 1.41. The topological polar surface area (TPSA) is 128 Å². The van der Waals surface area contributed by atoms with Gasteiger partial charge in [-0.05, 0) is 0 Å². The summed E-state index contributed by atoms with van der Waals surface area (Å²) in [7, 11) is 0. The Balaban J connectivity index is 0. The molecule has 88 valence electrons. The number of aliphatic imine (C=N–C) groups is 1. The molecule has 0 heterocycles. The summed E-state index contributed by atoms with van der Waals surface area (Å²) in [6.07, 6.45) is 2.30. The maximum absolute atomic E-state index is 12.2. The summed E-state index contributed by atoms with van der Waals surface area (Å²) in [5.74, 6) is -1.58. The van der Waals surface area contributed by atoms with Gasteiger partial charge < -0.3 is 22.3 Å². The molecule has 0 fully saturated rings. The number of alkyl halides is 1. The molecule has 1 atom stereocenters. The zero-order valence-electron chi connectivity index (χ0n) is 7.89. The van der Waals surface area contributed by atoms with Gasteiger partial charge in [0.05, 0.1) is 6.54 Å². The van der Waals surface area contributed by atoms with Crippen LogP contribution >= 0.6 is 12.4 Å². The summed E-state index contributed by atoms with van der Waals surface area (Å²) in [5, 5.41) is 8.54. The SMILES string of the molecule is Cl.NC(N)=NC/C=C/C(N)(CF)C(=O)O. The third-order valence-electron chi connectivity index (χ3n) is 1.41. The van der Waals surface area contributed by atoms with Crippen molar-refractivity contribution in [3.8, 4) is 0 Å². The number of hydrogen-bond donors (Lipinski definition) is 4. The molecule has 0 saturated carbocycles. The second-order valence-corrected chi connectivity index (χ2v) is 2.65. The Kier molecular flexibility index (Phi) is 7.53. The fourth-order valence-corrected chi connectivity index (χ4v) is 0.594. The van der Waals surface area contributed by atoms with E-state index in [1.54, 1.807) is 0 Å². The average molecular weight is 241 g/mol. The maximum Gasteiger partial charge on any atom is 0.330 e. The molecule has 0 rings (SSSR count). The number of carbonyl (C=O) groups is 1. The van der Waals surface area contributed by atoms with Crippen LogP contribution in [0.2, 0.25) is 0 Å². The van der Waals surface area contributed by atoms with Gasteiger partial charge in [0.2, 0.25) is 0 Å². The molecule has 15 heavy (non-hydrogen) atoms. The highest BCUT2D eigenvalue weighted by atomic mass is 35.5. The summed E-state index contributed by atoms with van der Waals surface area (Å²) in [4.78, 5) is 14.0. The first-order chi connectivity index (χ1) is 6.42. The third kappa shape index (κ3) is 5.87. The van der Waals surface area contributed by atoms with Crippen LogP contribution in [0.1, 0.15) is 0 Å². The summed E-state index contributed by atoms with van der Waals surface area (Å²) in [6.45, 7) is -1.13. The minimum atomic E-state index is -2.00. The molecule has 0 amide bonds. The van der Waals surface area contributed by atoms with E-state index in [0.29, 0.717) is 0 Å². The number of halogens is 2. The molecule has 0 aromatic carbocycles. The fraction of sp³-hybridized carbons (Fsp3) is 0.429. The molecule has 1 unspecified atom stereocenters. The van der Waals surface area contributed by atoms with Crippen molar-refractivity contribution in [1.82, 2.24) is 0 Å². The van der Waals surface area contributed by atoms with Gasteiger partial charge in [-0.1, -0.05) is 12.2 Å². The number of carboxylic acid groups (broad SMARTS) is 1. The summed E-state index contributed by atoms with van der Waals surface area (Å²) < 4.78 is 12.2. The smallest absolute Gasteiger partial charge is 0.330 e. The van der Waals surface area contributed by atoms with Crippen LogP contribution in [0.5, 0.6) is 0 Å². The molecule has 8 heteroatoms. The van der Waals surface area contributed by atoms with E-state index in [9.17, 15) is 9.18 Å². The second kappa shape index (κ2) is 7.02. The number of aliphatic carboxylic acids is 1. The minimum Gasteiger partial charge on any atom is -0.480 e. The number of guanidine groups is 1. The number of nitrogens with zero attached hydrogens (tertiary/aromatic N) is 1. The minimum absolute atomic E-state index is 0. The molecular formula is C7H14ClFN4O2. The Morgan fingerprint density at radius 2 is 2.07 bits per heavy atom. The van der Waals surface area contributed by atoms with Crippen molar-refractivity contribution in [2.75, 3.05) is 13.2 Å². The van der Waals surface area contributed by atoms with Gasteiger partial charge in [0, 0.05) is 0 Å². The van der Waals surface area contributed by atoms with Crippen LogP contribution in [0.4, 0.5) is 4.39 Å². The van der Waals surface area contributed by atoms with Gasteiger partial charge in [-0.15, -0.1) is 12.4 Å². The number of hydrogen-bond acceptors (Lipinski definition) is 3. The molecule has 0 aromatic heterocycles. The molecule has 0 aromatic rings. The van der Waals surface area contributed by atoms with Crippen LogP contribution in [0, 0.1) is 0 Å². The Hall–Kier alpha value is -1.34. The predicted molar refractivity (Wildman–Crippen MR) is 57.6 cm³/mol. The van der Waals surface area contributed by atoms with Crippen molar-refractivity contribution in [3.63, 3.8) is 0 Å². The summed E-state index contributed by atoms with van der Waals surface area (Å²) >= 11 is 0. The Morgan fingerprint density at radius 3 is 2.40 bits per heavy atom. The summed E-state index contributed by atoms with van der Waals surface area (Å²) in [6, 6.07) is 0. The fourth-order valence-electron chi connectivity index (χ4n) is 0.594. The monoisotopic (exact) mass is 240 g/mol. The molecule has 0 spiro atoms. The first-order valence-electron chi connectivity index (χ1n) is 3.73. The van der Waals surface area contributed by atoms with Gasteiger partial charge >= 0.3 is 5.97 Å². The summed E-state index contributed by atoms with van der Waals surface area (Å²) in [5.41, 5.74) is 13.2. The van der Waals surface area contributed by atoms with E-state index in [1.807, 2.05) is 0 Å². The van der Waals surface area contributed by atoms with Crippen LogP contribution in [0.15, 0.2) is 17.1 Å². The van der Waals surface area contributed by atoms with E-state index in [2.05, 4.69) is 4.99 Å². The van der Waals surface area contributed by atoms with Crippen molar-refractivity contribution < 1.29 is 14.3 Å². The number of carboxylic acids is 1. The predicted octanol–water partition coefficient (Wildman–Crippen LogP) is -1.01. The Labute approximate surface area is 92.4 Å². The molecule has 0 saturated heterocycles. The highest BCUT2D eigenvalue weighted by molar-refractivity contribution is 5.85. The Morgan fingerprint density at radius 1 is 1.53 bits per heavy atom. The molecule has 0 aliphatic heterocycles. The molecule has 6 nitrogen and oxygen atoms in total. The number of nitrogens with two attached hydrogens (primary N) is 3. The lowest BCUT2D eigenvalue weighted by Gasteiger charge is -2.15. The number of rotatable bonds is 5. The standard InChI is InChI=1S/C7H13FN4O2.ClH/c8-4-7(11,5(13)14)2-1-3-12-6(9)10;/h1-2H,3-4,11H2,(H,13,14)(H4,9,10,12);1H/b2-1+;. The molecular weight excluding hydrogens is 227 g/mol. The van der Waals surface area contributed by atoms with E-state index in [-0.39, 0.29) is 24.9 Å². The highest BCUT2D eigenvalue weighted by Gasteiger charge is 2.30. The Bertz CT molecular complexity index is 268. The lowest BCUT2D eigenvalue weighted by Crippen LogP contribution is -2.48. The lowest BCUT2D eigenvalue weighted by atomic mass is 10.0. The van der Waals surface area contributed by atoms with Crippen molar-refractivity contribution >= 4 is 24.3 Å². The van der Waals surface area contributed by atoms with Gasteiger partial charge in [0.1, 0.15) is 6.67 Å². The van der Waals surface area contributed by atoms with Gasteiger partial charge in [0.15, 0.2) is 11.5 Å². The van der Waals surface area contributed by atoms with E-state index in [0.717, 1.165) is 6.08 Å². The van der Waals surface area contributed by atoms with E-state index in [4.69, 9.17) is 22.3 Å². The zero-order valence-corrected chi connectivity index (χ0v) is 8.71. The quantitative estimate of drug-likeness (QED) is 0.278. The molecule has 0 aliphatic carbocycles. The normalized spacial score (nSPS) is 14.0. The van der Waals surface area contributed by atoms with E-state index < -0.39 is 18.2 Å². The highest BCUT2D eigenvalue weighted by Crippen LogP contribution is 2.04. The zero-order chi connectivity index (χ0) is 11.2. The van der Waals surface area contributed by atoms with Gasteiger partial charge in [-0.25, -0.2) is 14.2 Å². The average Bonchev–Trinajstić information content (AvgIpc) is 2.11. The largest absolute Gasteiger partial charge is 0.480 e. The maximum atomic E-state index is 12.2. The molecule has 0 radical (unpaired) electrons. The van der Waals surface area contributed by atoms with Crippen molar-refractivity contribution in [1.29, 1.82) is 0 Å². The van der Waals surface area contributed by atoms with Crippen molar-refractivity contribution in [3.05, 3.63) is 12.2 Å². The van der Waals surface area contributed by atoms with Gasteiger partial charge in [-0.3, -0.25) is 0 Å². The molecule has 7 N–H and O–H groups in total. The van der Waals surface area contributed by atoms with Crippen LogP contribution in [0.25, 0.3) is 0 Å². The molecule has 0 bridgehead atoms.